The summed E-state index contributed by atoms with van der Waals surface area (Å²) < 4.78 is 23.6. The van der Waals surface area contributed by atoms with Crippen molar-refractivity contribution in [2.24, 2.45) is 0 Å². The number of carboxylic acids is 1. The van der Waals surface area contributed by atoms with E-state index in [1.54, 1.807) is 12.1 Å². The smallest absolute Gasteiger partial charge is 0.336 e. The second kappa shape index (κ2) is 6.14. The lowest BCUT2D eigenvalue weighted by atomic mass is 10.2. The predicted molar refractivity (Wildman–Crippen MR) is 72.8 cm³/mol. The summed E-state index contributed by atoms with van der Waals surface area (Å²) in [6, 6.07) is 10.1. The third kappa shape index (κ3) is 3.64. The Bertz CT molecular complexity index is 694. The van der Waals surface area contributed by atoms with E-state index in [0.29, 0.717) is 0 Å². The number of hydrogen-bond acceptors (Lipinski definition) is 5. The zero-order valence-corrected chi connectivity index (χ0v) is 11.8. The Morgan fingerprint density at radius 2 is 2.00 bits per heavy atom. The Balaban J connectivity index is 1.98. The van der Waals surface area contributed by atoms with Gasteiger partial charge < -0.3 is 5.11 Å². The fourth-order valence-electron chi connectivity index (χ4n) is 1.38. The van der Waals surface area contributed by atoms with Crippen LogP contribution in [0.25, 0.3) is 0 Å². The molecule has 0 saturated carbocycles. The van der Waals surface area contributed by atoms with Crippen molar-refractivity contribution in [1.29, 1.82) is 0 Å². The van der Waals surface area contributed by atoms with Crippen molar-refractivity contribution in [2.45, 2.75) is 10.8 Å². The Morgan fingerprint density at radius 1 is 1.30 bits per heavy atom. The third-order valence-corrected chi connectivity index (χ3v) is 4.99. The lowest BCUT2D eigenvalue weighted by Crippen LogP contribution is -2.23. The van der Waals surface area contributed by atoms with Crippen LogP contribution in [-0.4, -0.2) is 19.5 Å². The van der Waals surface area contributed by atoms with Gasteiger partial charge in [0.05, 0.1) is 12.2 Å². The van der Waals surface area contributed by atoms with Gasteiger partial charge in [-0.3, -0.25) is 4.84 Å². The highest BCUT2D eigenvalue weighted by atomic mass is 32.2. The Hall–Kier alpha value is -1.74. The minimum atomic E-state index is -3.86. The van der Waals surface area contributed by atoms with Gasteiger partial charge in [-0.05, 0) is 11.6 Å². The van der Waals surface area contributed by atoms with Crippen molar-refractivity contribution in [1.82, 2.24) is 4.89 Å². The van der Waals surface area contributed by atoms with Crippen molar-refractivity contribution in [3.05, 3.63) is 52.9 Å². The molecule has 2 rings (SSSR count). The number of carboxylic acid groups (broad SMARTS) is 1. The molecule has 0 bridgehead atoms. The van der Waals surface area contributed by atoms with Crippen LogP contribution in [0.3, 0.4) is 0 Å². The van der Waals surface area contributed by atoms with E-state index in [9.17, 15) is 13.2 Å². The normalized spacial score (nSPS) is 11.4. The lowest BCUT2D eigenvalue weighted by molar-refractivity contribution is 0.0697. The van der Waals surface area contributed by atoms with Gasteiger partial charge in [0.2, 0.25) is 0 Å². The summed E-state index contributed by atoms with van der Waals surface area (Å²) in [5, 5.41) is 10.0. The molecule has 0 atom stereocenters. The Kier molecular flexibility index (Phi) is 4.50. The monoisotopic (exact) mass is 313 g/mol. The van der Waals surface area contributed by atoms with Crippen LogP contribution in [0.2, 0.25) is 0 Å². The minimum absolute atomic E-state index is 0.0709. The molecule has 0 spiro atoms. The molecule has 0 saturated heterocycles. The van der Waals surface area contributed by atoms with Crippen LogP contribution in [0.4, 0.5) is 0 Å². The molecule has 1 heterocycles. The number of aromatic carboxylic acids is 1. The summed E-state index contributed by atoms with van der Waals surface area (Å²) in [5.74, 6) is -1.17. The molecule has 20 heavy (non-hydrogen) atoms. The lowest BCUT2D eigenvalue weighted by Gasteiger charge is -2.05. The van der Waals surface area contributed by atoms with Crippen LogP contribution in [0.5, 0.6) is 0 Å². The molecule has 8 heteroatoms. The maximum atomic E-state index is 11.8. The quantitative estimate of drug-likeness (QED) is 0.794. The number of rotatable bonds is 6. The molecule has 106 valence electrons. The van der Waals surface area contributed by atoms with Gasteiger partial charge in [0.25, 0.3) is 10.0 Å². The van der Waals surface area contributed by atoms with E-state index < -0.39 is 16.0 Å². The number of nitrogens with one attached hydrogen (secondary N) is 1. The number of thiophene rings is 1. The fraction of sp³-hybridized carbons (Fsp3) is 0.0833. The predicted octanol–water partition coefficient (Wildman–Crippen LogP) is 1.86. The van der Waals surface area contributed by atoms with E-state index in [1.165, 1.54) is 5.38 Å². The first-order chi connectivity index (χ1) is 9.49. The number of hydrogen-bond donors (Lipinski definition) is 2. The number of carbonyl (C=O) groups is 1. The maximum absolute atomic E-state index is 11.8. The van der Waals surface area contributed by atoms with Crippen molar-refractivity contribution < 1.29 is 23.2 Å². The van der Waals surface area contributed by atoms with Crippen LogP contribution in [0.1, 0.15) is 15.9 Å². The van der Waals surface area contributed by atoms with Gasteiger partial charge in [-0.1, -0.05) is 35.2 Å². The highest BCUT2D eigenvalue weighted by molar-refractivity contribution is 7.91. The SMILES string of the molecule is O=C(O)c1csc(S(=O)(=O)NOCc2ccccc2)c1. The van der Waals surface area contributed by atoms with Gasteiger partial charge in [-0.25, -0.2) is 13.2 Å². The second-order valence-corrected chi connectivity index (χ2v) is 6.60. The van der Waals surface area contributed by atoms with Crippen LogP contribution in [-0.2, 0) is 21.5 Å². The summed E-state index contributed by atoms with van der Waals surface area (Å²) in [7, 11) is -3.86. The first-order valence-electron chi connectivity index (χ1n) is 5.48. The van der Waals surface area contributed by atoms with Crippen LogP contribution in [0.15, 0.2) is 46.0 Å². The van der Waals surface area contributed by atoms with Gasteiger partial charge in [0.1, 0.15) is 4.21 Å². The van der Waals surface area contributed by atoms with Crippen LogP contribution in [0, 0.1) is 0 Å². The van der Waals surface area contributed by atoms with E-state index in [0.717, 1.165) is 23.0 Å². The van der Waals surface area contributed by atoms with Crippen LogP contribution < -0.4 is 4.89 Å². The van der Waals surface area contributed by atoms with Gasteiger partial charge in [0, 0.05) is 5.38 Å². The summed E-state index contributed by atoms with van der Waals surface area (Å²) in [5.41, 5.74) is 0.742. The molecule has 0 aliphatic rings. The molecule has 1 aromatic carbocycles. The molecular formula is C12H11NO5S2. The number of sulfonamides is 1. The molecule has 1 aromatic heterocycles. The van der Waals surface area contributed by atoms with Gasteiger partial charge in [-0.15, -0.1) is 11.3 Å². The van der Waals surface area contributed by atoms with Gasteiger partial charge in [0.15, 0.2) is 0 Å². The maximum Gasteiger partial charge on any atom is 0.336 e. The highest BCUT2D eigenvalue weighted by Crippen LogP contribution is 2.20. The highest BCUT2D eigenvalue weighted by Gasteiger charge is 2.19. The topological polar surface area (TPSA) is 92.7 Å². The van der Waals surface area contributed by atoms with E-state index >= 15 is 0 Å². The van der Waals surface area contributed by atoms with E-state index in [4.69, 9.17) is 9.94 Å². The zero-order valence-electron chi connectivity index (χ0n) is 10.1. The average molecular weight is 313 g/mol. The second-order valence-electron chi connectivity index (χ2n) is 3.82. The number of benzene rings is 1. The molecule has 2 N–H and O–H groups in total. The molecule has 0 unspecified atom stereocenters. The van der Waals surface area contributed by atoms with Gasteiger partial charge >= 0.3 is 5.97 Å². The van der Waals surface area contributed by atoms with Gasteiger partial charge in [-0.2, -0.15) is 0 Å². The summed E-state index contributed by atoms with van der Waals surface area (Å²) in [6.45, 7) is 0.0806. The molecule has 0 radical (unpaired) electrons. The molecule has 2 aromatic rings. The fourth-order valence-corrected chi connectivity index (χ4v) is 3.31. The average Bonchev–Trinajstić information content (AvgIpc) is 2.90. The largest absolute Gasteiger partial charge is 0.478 e. The van der Waals surface area contributed by atoms with Crippen molar-refractivity contribution in [2.75, 3.05) is 0 Å². The van der Waals surface area contributed by atoms with Crippen LogP contribution >= 0.6 is 11.3 Å². The Labute approximate surface area is 119 Å². The van der Waals surface area contributed by atoms with Crippen molar-refractivity contribution in [3.8, 4) is 0 Å². The van der Waals surface area contributed by atoms with E-state index in [2.05, 4.69) is 0 Å². The molecular weight excluding hydrogens is 302 g/mol. The first kappa shape index (κ1) is 14.7. The van der Waals surface area contributed by atoms with Crippen molar-refractivity contribution in [3.63, 3.8) is 0 Å². The molecule has 0 amide bonds. The molecule has 0 aliphatic heterocycles. The molecule has 6 nitrogen and oxygen atoms in total. The summed E-state index contributed by atoms with van der Waals surface area (Å²) >= 11 is 0.820. The Morgan fingerprint density at radius 3 is 2.60 bits per heavy atom. The summed E-state index contributed by atoms with van der Waals surface area (Å²) in [6.07, 6.45) is 0. The first-order valence-corrected chi connectivity index (χ1v) is 7.85. The van der Waals surface area contributed by atoms with E-state index in [1.807, 2.05) is 23.1 Å². The third-order valence-electron chi connectivity index (χ3n) is 2.34. The molecule has 0 fully saturated rings. The minimum Gasteiger partial charge on any atom is -0.478 e. The standard InChI is InChI=1S/C12H11NO5S2/c14-12(15)10-6-11(19-8-10)20(16,17)13-18-7-9-4-2-1-3-5-9/h1-6,8,13H,7H2,(H,14,15). The zero-order chi connectivity index (χ0) is 14.6. The van der Waals surface area contributed by atoms with Crippen molar-refractivity contribution >= 4 is 27.3 Å². The summed E-state index contributed by atoms with van der Waals surface area (Å²) in [4.78, 5) is 17.6. The molecule has 0 aliphatic carbocycles. The van der Waals surface area contributed by atoms with E-state index in [-0.39, 0.29) is 16.4 Å².